The number of thiophene rings is 1. The molecule has 0 aliphatic heterocycles. The van der Waals surface area contributed by atoms with Crippen molar-refractivity contribution in [3.63, 3.8) is 0 Å². The van der Waals surface area contributed by atoms with Gasteiger partial charge in [0.25, 0.3) is 5.91 Å². The van der Waals surface area contributed by atoms with Crippen molar-refractivity contribution in [2.45, 2.75) is 19.3 Å². The summed E-state index contributed by atoms with van der Waals surface area (Å²) in [6, 6.07) is 7.42. The average Bonchev–Trinajstić information content (AvgIpc) is 3.16. The van der Waals surface area contributed by atoms with E-state index in [1.54, 1.807) is 43.9 Å². The van der Waals surface area contributed by atoms with Crippen LogP contribution in [-0.2, 0) is 12.8 Å². The van der Waals surface area contributed by atoms with Crippen LogP contribution in [0.25, 0.3) is 0 Å². The highest BCUT2D eigenvalue weighted by atomic mass is 32.1. The lowest BCUT2D eigenvalue weighted by Gasteiger charge is -2.07. The number of ether oxygens (including phenoxy) is 2. The number of rotatable bonds is 5. The number of aryl methyl sites for hydroxylation is 2. The van der Waals surface area contributed by atoms with E-state index in [4.69, 9.17) is 9.47 Å². The van der Waals surface area contributed by atoms with E-state index >= 15 is 0 Å². The summed E-state index contributed by atoms with van der Waals surface area (Å²) in [6.45, 7) is 0. The minimum absolute atomic E-state index is 0.166. The highest BCUT2D eigenvalue weighted by Gasteiger charge is 2.18. The van der Waals surface area contributed by atoms with Crippen LogP contribution in [0.2, 0.25) is 0 Å². The Bertz CT molecular complexity index is 731. The molecule has 120 valence electrons. The molecule has 23 heavy (non-hydrogen) atoms. The highest BCUT2D eigenvalue weighted by molar-refractivity contribution is 7.14. The highest BCUT2D eigenvalue weighted by Crippen LogP contribution is 2.30. The smallest absolute Gasteiger partial charge is 0.281 e. The van der Waals surface area contributed by atoms with Crippen molar-refractivity contribution in [2.75, 3.05) is 14.2 Å². The van der Waals surface area contributed by atoms with Gasteiger partial charge in [-0.3, -0.25) is 4.79 Å². The number of hydrogen-bond donors (Lipinski definition) is 1. The Morgan fingerprint density at radius 1 is 1.22 bits per heavy atom. The van der Waals surface area contributed by atoms with Crippen LogP contribution in [0.4, 0.5) is 0 Å². The molecular weight excluding hydrogens is 312 g/mol. The molecule has 1 aromatic heterocycles. The second-order valence-corrected chi connectivity index (χ2v) is 6.36. The molecule has 0 atom stereocenters. The van der Waals surface area contributed by atoms with Crippen LogP contribution in [0.3, 0.4) is 0 Å². The number of nitrogens with zero attached hydrogens (tertiary/aromatic N) is 1. The zero-order valence-electron chi connectivity index (χ0n) is 13.1. The minimum Gasteiger partial charge on any atom is -0.493 e. The third kappa shape index (κ3) is 3.37. The fourth-order valence-corrected chi connectivity index (χ4v) is 3.74. The second kappa shape index (κ2) is 6.83. The maximum atomic E-state index is 12.1. The second-order valence-electron chi connectivity index (χ2n) is 5.23. The number of hydrazone groups is 1. The zero-order valence-corrected chi connectivity index (χ0v) is 13.9. The van der Waals surface area contributed by atoms with Gasteiger partial charge in [-0.15, -0.1) is 11.3 Å². The molecule has 0 saturated carbocycles. The SMILES string of the molecule is COc1ccc(/C=N\NC(=O)c2cc3c(s2)CCC3)cc1OC. The molecule has 0 saturated heterocycles. The molecule has 3 rings (SSSR count). The van der Waals surface area contributed by atoms with E-state index in [2.05, 4.69) is 10.5 Å². The van der Waals surface area contributed by atoms with E-state index in [1.165, 1.54) is 16.9 Å². The number of carbonyl (C=O) groups is 1. The Kier molecular flexibility index (Phi) is 4.62. The summed E-state index contributed by atoms with van der Waals surface area (Å²) in [5.41, 5.74) is 4.70. The quantitative estimate of drug-likeness (QED) is 0.677. The molecule has 1 aliphatic rings. The number of methoxy groups -OCH3 is 2. The molecular formula is C17H18N2O3S. The van der Waals surface area contributed by atoms with Gasteiger partial charge in [0, 0.05) is 4.88 Å². The van der Waals surface area contributed by atoms with Gasteiger partial charge in [0.2, 0.25) is 0 Å². The maximum absolute atomic E-state index is 12.1. The van der Waals surface area contributed by atoms with Gasteiger partial charge in [0.05, 0.1) is 25.3 Å². The molecule has 1 aliphatic carbocycles. The summed E-state index contributed by atoms with van der Waals surface area (Å²) in [5.74, 6) is 1.11. The Labute approximate surface area is 138 Å². The molecule has 5 nitrogen and oxygen atoms in total. The molecule has 1 heterocycles. The predicted octanol–water partition coefficient (Wildman–Crippen LogP) is 3.02. The molecule has 0 bridgehead atoms. The number of fused-ring (bicyclic) bond motifs is 1. The molecule has 0 fully saturated rings. The Morgan fingerprint density at radius 3 is 2.78 bits per heavy atom. The minimum atomic E-state index is -0.166. The van der Waals surface area contributed by atoms with Crippen LogP contribution in [-0.4, -0.2) is 26.3 Å². The molecule has 0 radical (unpaired) electrons. The fraction of sp³-hybridized carbons (Fsp3) is 0.294. The van der Waals surface area contributed by atoms with E-state index in [-0.39, 0.29) is 5.91 Å². The standard InChI is InChI=1S/C17H18N2O3S/c1-21-13-7-6-11(8-14(13)22-2)10-18-19-17(20)16-9-12-4-3-5-15(12)23-16/h6-10H,3-5H2,1-2H3,(H,19,20)/b18-10-. The number of benzene rings is 1. The van der Waals surface area contributed by atoms with Gasteiger partial charge < -0.3 is 9.47 Å². The lowest BCUT2D eigenvalue weighted by molar-refractivity contribution is 0.0959. The average molecular weight is 330 g/mol. The van der Waals surface area contributed by atoms with Crippen molar-refractivity contribution in [3.05, 3.63) is 45.1 Å². The molecule has 1 N–H and O–H groups in total. The van der Waals surface area contributed by atoms with E-state index < -0.39 is 0 Å². The van der Waals surface area contributed by atoms with Gasteiger partial charge in [0.1, 0.15) is 0 Å². The van der Waals surface area contributed by atoms with Crippen LogP contribution < -0.4 is 14.9 Å². The Hall–Kier alpha value is -2.34. The Balaban J connectivity index is 1.65. The van der Waals surface area contributed by atoms with Crippen molar-refractivity contribution in [3.8, 4) is 11.5 Å². The van der Waals surface area contributed by atoms with Crippen LogP contribution >= 0.6 is 11.3 Å². The third-order valence-corrected chi connectivity index (χ3v) is 4.99. The predicted molar refractivity (Wildman–Crippen MR) is 91.0 cm³/mol. The van der Waals surface area contributed by atoms with Crippen LogP contribution in [0.15, 0.2) is 29.4 Å². The number of amides is 1. The van der Waals surface area contributed by atoms with Gasteiger partial charge in [-0.05, 0) is 54.7 Å². The number of hydrogen-bond acceptors (Lipinski definition) is 5. The first-order chi connectivity index (χ1) is 11.2. The van der Waals surface area contributed by atoms with E-state index in [0.717, 1.165) is 23.3 Å². The first-order valence-corrected chi connectivity index (χ1v) is 8.20. The molecule has 1 amide bonds. The molecule has 6 heteroatoms. The summed E-state index contributed by atoms with van der Waals surface area (Å²) in [5, 5.41) is 4.02. The van der Waals surface area contributed by atoms with E-state index in [0.29, 0.717) is 11.5 Å². The summed E-state index contributed by atoms with van der Waals surface area (Å²) >= 11 is 1.56. The van der Waals surface area contributed by atoms with Crippen molar-refractivity contribution in [1.29, 1.82) is 0 Å². The lowest BCUT2D eigenvalue weighted by Crippen LogP contribution is -2.16. The van der Waals surface area contributed by atoms with Gasteiger partial charge in [-0.2, -0.15) is 5.10 Å². The maximum Gasteiger partial charge on any atom is 0.281 e. The fourth-order valence-electron chi connectivity index (χ4n) is 2.59. The van der Waals surface area contributed by atoms with Crippen molar-refractivity contribution >= 4 is 23.5 Å². The zero-order chi connectivity index (χ0) is 16.2. The first-order valence-electron chi connectivity index (χ1n) is 7.38. The first kappa shape index (κ1) is 15.6. The molecule has 2 aromatic rings. The monoisotopic (exact) mass is 330 g/mol. The van der Waals surface area contributed by atoms with E-state index in [1.807, 2.05) is 12.1 Å². The molecule has 1 aromatic carbocycles. The van der Waals surface area contributed by atoms with Crippen molar-refractivity contribution in [2.24, 2.45) is 5.10 Å². The summed E-state index contributed by atoms with van der Waals surface area (Å²) in [6.07, 6.45) is 4.94. The summed E-state index contributed by atoms with van der Waals surface area (Å²) in [4.78, 5) is 14.2. The molecule has 0 unspecified atom stereocenters. The summed E-state index contributed by atoms with van der Waals surface area (Å²) in [7, 11) is 3.17. The van der Waals surface area contributed by atoms with E-state index in [9.17, 15) is 4.79 Å². The number of carbonyl (C=O) groups excluding carboxylic acids is 1. The van der Waals surface area contributed by atoms with Gasteiger partial charge >= 0.3 is 0 Å². The molecule has 0 spiro atoms. The third-order valence-electron chi connectivity index (χ3n) is 3.76. The normalized spacial score (nSPS) is 13.1. The van der Waals surface area contributed by atoms with Crippen LogP contribution in [0.5, 0.6) is 11.5 Å². The Morgan fingerprint density at radius 2 is 2.04 bits per heavy atom. The topological polar surface area (TPSA) is 59.9 Å². The largest absolute Gasteiger partial charge is 0.493 e. The van der Waals surface area contributed by atoms with Gasteiger partial charge in [-0.25, -0.2) is 5.43 Å². The van der Waals surface area contributed by atoms with Crippen molar-refractivity contribution in [1.82, 2.24) is 5.43 Å². The number of nitrogens with one attached hydrogen (secondary N) is 1. The summed E-state index contributed by atoms with van der Waals surface area (Å²) < 4.78 is 10.4. The van der Waals surface area contributed by atoms with Gasteiger partial charge in [-0.1, -0.05) is 0 Å². The van der Waals surface area contributed by atoms with Crippen molar-refractivity contribution < 1.29 is 14.3 Å². The van der Waals surface area contributed by atoms with Crippen LogP contribution in [0.1, 0.15) is 32.1 Å². The van der Waals surface area contributed by atoms with Crippen LogP contribution in [0, 0.1) is 0 Å². The van der Waals surface area contributed by atoms with Gasteiger partial charge in [0.15, 0.2) is 11.5 Å². The lowest BCUT2D eigenvalue weighted by atomic mass is 10.2.